The summed E-state index contributed by atoms with van der Waals surface area (Å²) in [5.41, 5.74) is 1.11. The van der Waals surface area contributed by atoms with Crippen LogP contribution < -0.4 is 4.74 Å². The third-order valence-electron chi connectivity index (χ3n) is 1.19. The monoisotopic (exact) mass is 199 g/mol. The quantitative estimate of drug-likeness (QED) is 0.666. The van der Waals surface area contributed by atoms with Crippen LogP contribution in [0.15, 0.2) is 18.2 Å². The number of rotatable bonds is 2. The molecule has 0 saturated heterocycles. The number of hydrogen-bond donors (Lipinski definition) is 0. The zero-order valence-corrected chi connectivity index (χ0v) is 7.31. The van der Waals surface area contributed by atoms with Crippen LogP contribution in [-0.4, -0.2) is 7.11 Å². The molecule has 1 aromatic rings. The molecule has 1 aromatic carbocycles. The van der Waals surface area contributed by atoms with Crippen LogP contribution in [0.5, 0.6) is 5.75 Å². The Balaban J connectivity index is 2.87. The summed E-state index contributed by atoms with van der Waals surface area (Å²) in [5, 5.41) is 0.824. The van der Waals surface area contributed by atoms with Gasteiger partial charge in [0, 0.05) is 11.4 Å². The van der Waals surface area contributed by atoms with Crippen molar-refractivity contribution in [3.8, 4) is 5.75 Å². The van der Waals surface area contributed by atoms with E-state index in [1.165, 1.54) is 0 Å². The van der Waals surface area contributed by atoms with Gasteiger partial charge < -0.3 is 4.74 Å². The van der Waals surface area contributed by atoms with E-state index in [-0.39, 0.29) is 0 Å². The minimum Gasteiger partial charge on any atom is -0.496 e. The first-order valence-corrected chi connectivity index (χ1v) is 4.10. The largest absolute Gasteiger partial charge is 0.496 e. The van der Waals surface area contributed by atoms with Crippen molar-refractivity contribution in [2.24, 2.45) is 0 Å². The lowest BCUT2D eigenvalue weighted by atomic mass is 10.2. The van der Waals surface area contributed by atoms with Crippen LogP contribution in [0.25, 0.3) is 0 Å². The Morgan fingerprint density at radius 2 is 2.40 bits per heavy atom. The van der Waals surface area contributed by atoms with Gasteiger partial charge in [0.25, 0.3) is 0 Å². The molecule has 0 aliphatic rings. The smallest absolute Gasteiger partial charge is 0.127 e. The van der Waals surface area contributed by atoms with Gasteiger partial charge in [-0.25, -0.2) is 0 Å². The first-order chi connectivity index (χ1) is 4.86. The molecule has 1 radical (unpaired) electrons. The van der Waals surface area contributed by atoms with Crippen LogP contribution in [-0.2, 0) is 5.33 Å². The summed E-state index contributed by atoms with van der Waals surface area (Å²) >= 11 is 3.33. The average molecular weight is 200 g/mol. The number of methoxy groups -OCH3 is 1. The third-order valence-corrected chi connectivity index (χ3v) is 1.80. The van der Waals surface area contributed by atoms with Gasteiger partial charge in [-0.05, 0) is 11.6 Å². The summed E-state index contributed by atoms with van der Waals surface area (Å²) in [6, 6.07) is 8.90. The highest BCUT2D eigenvalue weighted by atomic mass is 79.9. The molecule has 0 amide bonds. The molecule has 10 heavy (non-hydrogen) atoms. The van der Waals surface area contributed by atoms with E-state index in [9.17, 15) is 0 Å². The molecule has 0 unspecified atom stereocenters. The van der Waals surface area contributed by atoms with Crippen LogP contribution in [0.4, 0.5) is 0 Å². The van der Waals surface area contributed by atoms with Crippen molar-refractivity contribution in [3.05, 3.63) is 29.8 Å². The molecule has 0 N–H and O–H groups in total. The van der Waals surface area contributed by atoms with Gasteiger partial charge >= 0.3 is 0 Å². The van der Waals surface area contributed by atoms with E-state index >= 15 is 0 Å². The van der Waals surface area contributed by atoms with Crippen LogP contribution in [0.2, 0.25) is 0 Å². The van der Waals surface area contributed by atoms with Gasteiger partial charge in [0.1, 0.15) is 5.75 Å². The third kappa shape index (κ3) is 1.74. The van der Waals surface area contributed by atoms with Crippen molar-refractivity contribution in [3.63, 3.8) is 0 Å². The minimum absolute atomic E-state index is 0.789. The SMILES string of the molecule is COc1[c]c(CBr)ccc1. The predicted molar refractivity (Wildman–Crippen MR) is 44.5 cm³/mol. The van der Waals surface area contributed by atoms with Crippen molar-refractivity contribution < 1.29 is 4.74 Å². The number of benzene rings is 1. The second-order valence-corrected chi connectivity index (χ2v) is 2.44. The van der Waals surface area contributed by atoms with Crippen LogP contribution in [0.1, 0.15) is 5.56 Å². The fourth-order valence-electron chi connectivity index (χ4n) is 0.690. The van der Waals surface area contributed by atoms with Gasteiger partial charge in [0.15, 0.2) is 0 Å². The summed E-state index contributed by atoms with van der Waals surface area (Å²) in [6.45, 7) is 0. The van der Waals surface area contributed by atoms with E-state index in [1.807, 2.05) is 18.2 Å². The zero-order chi connectivity index (χ0) is 7.40. The second-order valence-electron chi connectivity index (χ2n) is 1.88. The summed E-state index contributed by atoms with van der Waals surface area (Å²) in [5.74, 6) is 0.789. The molecule has 0 heterocycles. The molecule has 0 atom stereocenters. The molecular formula is C8H8BrO. The normalized spacial score (nSPS) is 9.40. The Kier molecular flexibility index (Phi) is 2.75. The Morgan fingerprint density at radius 1 is 1.60 bits per heavy atom. The maximum atomic E-state index is 4.98. The number of alkyl halides is 1. The van der Waals surface area contributed by atoms with Crippen molar-refractivity contribution in [1.29, 1.82) is 0 Å². The first kappa shape index (κ1) is 7.61. The van der Waals surface area contributed by atoms with Gasteiger partial charge in [-0.1, -0.05) is 28.1 Å². The second kappa shape index (κ2) is 3.62. The molecule has 0 fully saturated rings. The highest BCUT2D eigenvalue weighted by Gasteiger charge is 1.92. The van der Waals surface area contributed by atoms with E-state index in [4.69, 9.17) is 4.74 Å². The molecule has 1 nitrogen and oxygen atoms in total. The van der Waals surface area contributed by atoms with Gasteiger partial charge in [0.2, 0.25) is 0 Å². The fraction of sp³-hybridized carbons (Fsp3) is 0.250. The Hall–Kier alpha value is -0.500. The molecule has 0 aliphatic heterocycles. The Labute approximate surface area is 69.1 Å². The fourth-order valence-corrected chi connectivity index (χ4v) is 1.02. The molecule has 2 heteroatoms. The van der Waals surface area contributed by atoms with Crippen molar-refractivity contribution in [2.45, 2.75) is 5.33 Å². The lowest BCUT2D eigenvalue weighted by molar-refractivity contribution is 0.413. The van der Waals surface area contributed by atoms with Crippen molar-refractivity contribution >= 4 is 15.9 Å². The van der Waals surface area contributed by atoms with E-state index in [0.29, 0.717) is 0 Å². The Bertz CT molecular complexity index is 191. The van der Waals surface area contributed by atoms with Crippen LogP contribution >= 0.6 is 15.9 Å². The molecular weight excluding hydrogens is 192 g/mol. The van der Waals surface area contributed by atoms with Crippen LogP contribution in [0.3, 0.4) is 0 Å². The number of halogens is 1. The molecule has 0 aromatic heterocycles. The molecule has 0 bridgehead atoms. The zero-order valence-electron chi connectivity index (χ0n) is 5.73. The van der Waals surface area contributed by atoms with Gasteiger partial charge in [-0.3, -0.25) is 0 Å². The van der Waals surface area contributed by atoms with Crippen molar-refractivity contribution in [2.75, 3.05) is 7.11 Å². The molecule has 1 rings (SSSR count). The summed E-state index contributed by atoms with van der Waals surface area (Å²) in [7, 11) is 1.64. The van der Waals surface area contributed by atoms with Gasteiger partial charge in [0.05, 0.1) is 7.11 Å². The maximum Gasteiger partial charge on any atom is 0.127 e. The lowest BCUT2D eigenvalue weighted by Gasteiger charge is -1.98. The molecule has 0 aliphatic carbocycles. The van der Waals surface area contributed by atoms with Gasteiger partial charge in [-0.15, -0.1) is 0 Å². The maximum absolute atomic E-state index is 4.98. The van der Waals surface area contributed by atoms with E-state index in [1.54, 1.807) is 7.11 Å². The summed E-state index contributed by atoms with van der Waals surface area (Å²) in [6.07, 6.45) is 0. The van der Waals surface area contributed by atoms with Crippen molar-refractivity contribution in [1.82, 2.24) is 0 Å². The summed E-state index contributed by atoms with van der Waals surface area (Å²) < 4.78 is 4.98. The van der Waals surface area contributed by atoms with Gasteiger partial charge in [-0.2, -0.15) is 0 Å². The molecule has 0 spiro atoms. The minimum atomic E-state index is 0.789. The topological polar surface area (TPSA) is 9.23 Å². The molecule has 53 valence electrons. The predicted octanol–water partition coefficient (Wildman–Crippen LogP) is 2.39. The van der Waals surface area contributed by atoms with E-state index in [2.05, 4.69) is 22.0 Å². The standard InChI is InChI=1S/C8H8BrO/c1-10-8-4-2-3-7(5-8)6-9/h2-4H,6H2,1H3. The van der Waals surface area contributed by atoms with E-state index < -0.39 is 0 Å². The molecule has 0 saturated carbocycles. The Morgan fingerprint density at radius 3 is 3.00 bits per heavy atom. The highest BCUT2D eigenvalue weighted by Crippen LogP contribution is 2.13. The summed E-state index contributed by atoms with van der Waals surface area (Å²) in [4.78, 5) is 0. The number of ether oxygens (including phenoxy) is 1. The van der Waals surface area contributed by atoms with Crippen LogP contribution in [0, 0.1) is 6.07 Å². The highest BCUT2D eigenvalue weighted by molar-refractivity contribution is 9.08. The lowest BCUT2D eigenvalue weighted by Crippen LogP contribution is -1.84. The average Bonchev–Trinajstić information content (AvgIpc) is 2.05. The first-order valence-electron chi connectivity index (χ1n) is 2.98. The van der Waals surface area contributed by atoms with E-state index in [0.717, 1.165) is 16.6 Å². The number of hydrogen-bond acceptors (Lipinski definition) is 1.